The number of anilines is 2. The zero-order chi connectivity index (χ0) is 18.8. The van der Waals surface area contributed by atoms with Gasteiger partial charge in [-0.25, -0.2) is 16.8 Å². The van der Waals surface area contributed by atoms with E-state index in [9.17, 15) is 16.8 Å². The third-order valence-electron chi connectivity index (χ3n) is 3.48. The van der Waals surface area contributed by atoms with E-state index in [1.807, 2.05) is 24.8 Å². The summed E-state index contributed by atoms with van der Waals surface area (Å²) < 4.78 is 51.7. The Bertz CT molecular complexity index is 759. The molecule has 1 aromatic rings. The molecule has 0 unspecified atom stereocenters. The van der Waals surface area contributed by atoms with Gasteiger partial charge in [0.1, 0.15) is 5.66 Å². The van der Waals surface area contributed by atoms with Crippen LogP contribution >= 0.6 is 12.4 Å². The number of nitrogen functional groups attached to an aromatic ring is 1. The lowest BCUT2D eigenvalue weighted by atomic mass is 10.00. The second kappa shape index (κ2) is 8.54. The van der Waals surface area contributed by atoms with E-state index in [2.05, 4.69) is 9.44 Å². The van der Waals surface area contributed by atoms with Gasteiger partial charge in [-0.3, -0.25) is 0 Å². The van der Waals surface area contributed by atoms with Crippen molar-refractivity contribution in [2.75, 3.05) is 36.2 Å². The summed E-state index contributed by atoms with van der Waals surface area (Å²) in [5.41, 5.74) is 5.84. The molecule has 11 heteroatoms. The minimum atomic E-state index is -3.71. The number of rotatable bonds is 8. The first-order chi connectivity index (χ1) is 10.8. The summed E-state index contributed by atoms with van der Waals surface area (Å²) in [6, 6.07) is 5.14. The van der Waals surface area contributed by atoms with Crippen molar-refractivity contribution in [2.24, 2.45) is 0 Å². The number of hydrogen-bond donors (Lipinski definition) is 3. The van der Waals surface area contributed by atoms with E-state index >= 15 is 0 Å². The van der Waals surface area contributed by atoms with Gasteiger partial charge in [0.25, 0.3) is 0 Å². The lowest BCUT2D eigenvalue weighted by Gasteiger charge is -2.33. The molecule has 0 bridgehead atoms. The average molecular weight is 415 g/mol. The minimum Gasteiger partial charge on any atom is -0.398 e. The summed E-state index contributed by atoms with van der Waals surface area (Å²) in [5.74, 6) is 0. The molecule has 0 aromatic heterocycles. The van der Waals surface area contributed by atoms with Crippen LogP contribution in [0.15, 0.2) is 18.2 Å². The Hall–Kier alpha value is -1.07. The molecule has 0 aliphatic rings. The van der Waals surface area contributed by atoms with E-state index in [-0.39, 0.29) is 18.1 Å². The molecule has 1 aromatic carbocycles. The van der Waals surface area contributed by atoms with Gasteiger partial charge in [0.15, 0.2) is 0 Å². The molecule has 0 radical (unpaired) electrons. The zero-order valence-electron chi connectivity index (χ0n) is 15.0. The van der Waals surface area contributed by atoms with Gasteiger partial charge in [-0.1, -0.05) is 0 Å². The predicted molar refractivity (Wildman–Crippen MR) is 105 cm³/mol. The van der Waals surface area contributed by atoms with Gasteiger partial charge in [-0.05, 0) is 39.0 Å². The van der Waals surface area contributed by atoms with Gasteiger partial charge in [0.2, 0.25) is 20.0 Å². The molecular formula is C14H27ClN4O4S2. The van der Waals surface area contributed by atoms with E-state index in [0.717, 1.165) is 31.3 Å². The van der Waals surface area contributed by atoms with Crippen LogP contribution in [0, 0.1) is 0 Å². The van der Waals surface area contributed by atoms with Gasteiger partial charge in [0.05, 0.1) is 12.5 Å². The van der Waals surface area contributed by atoms with Crippen LogP contribution < -0.4 is 20.1 Å². The highest BCUT2D eigenvalue weighted by Gasteiger charge is 2.35. The van der Waals surface area contributed by atoms with Crippen molar-refractivity contribution in [1.29, 1.82) is 0 Å². The molecule has 0 aliphatic carbocycles. The Morgan fingerprint density at radius 1 is 1.04 bits per heavy atom. The standard InChI is InChI=1S/C14H26N4O4S2.ClH/c1-6-18(7-2)11-8-9-13(15)12(10-11)14(3,16-23(4,19)20)17-24(5,21)22;/h8-10,16-17H,6-7,15H2,1-5H3;1H. The van der Waals surface area contributed by atoms with Crippen LogP contribution in [-0.2, 0) is 25.7 Å². The topological polar surface area (TPSA) is 122 Å². The van der Waals surface area contributed by atoms with E-state index in [0.29, 0.717) is 5.56 Å². The Labute approximate surface area is 156 Å². The molecule has 0 fully saturated rings. The first-order valence-electron chi connectivity index (χ1n) is 7.44. The molecule has 1 rings (SSSR count). The summed E-state index contributed by atoms with van der Waals surface area (Å²) in [4.78, 5) is 2.05. The fraction of sp³-hybridized carbons (Fsp3) is 0.571. The summed E-state index contributed by atoms with van der Waals surface area (Å²) >= 11 is 0. The average Bonchev–Trinajstić information content (AvgIpc) is 2.37. The molecule has 146 valence electrons. The van der Waals surface area contributed by atoms with Crippen LogP contribution in [0.4, 0.5) is 11.4 Å². The second-order valence-corrected chi connectivity index (χ2v) is 9.31. The lowest BCUT2D eigenvalue weighted by molar-refractivity contribution is 0.403. The van der Waals surface area contributed by atoms with Crippen LogP contribution in [0.3, 0.4) is 0 Å². The fourth-order valence-electron chi connectivity index (χ4n) is 2.64. The van der Waals surface area contributed by atoms with E-state index < -0.39 is 25.7 Å². The van der Waals surface area contributed by atoms with Crippen molar-refractivity contribution in [1.82, 2.24) is 9.44 Å². The SMILES string of the molecule is CCN(CC)c1ccc(N)c(C(C)(NS(C)(=O)=O)NS(C)(=O)=O)c1.Cl. The Morgan fingerprint density at radius 3 is 1.84 bits per heavy atom. The quantitative estimate of drug-likeness (QED) is 0.427. The van der Waals surface area contributed by atoms with Crippen molar-refractivity contribution in [3.8, 4) is 0 Å². The maximum absolute atomic E-state index is 11.8. The van der Waals surface area contributed by atoms with Crippen molar-refractivity contribution in [3.05, 3.63) is 23.8 Å². The maximum Gasteiger partial charge on any atom is 0.210 e. The molecule has 0 saturated heterocycles. The molecule has 25 heavy (non-hydrogen) atoms. The first-order valence-corrected chi connectivity index (χ1v) is 11.2. The van der Waals surface area contributed by atoms with Crippen molar-refractivity contribution < 1.29 is 16.8 Å². The van der Waals surface area contributed by atoms with Gasteiger partial charge in [0, 0.05) is 30.0 Å². The van der Waals surface area contributed by atoms with E-state index in [4.69, 9.17) is 5.73 Å². The van der Waals surface area contributed by atoms with Gasteiger partial charge < -0.3 is 10.6 Å². The maximum atomic E-state index is 11.8. The number of hydrogen-bond acceptors (Lipinski definition) is 6. The largest absolute Gasteiger partial charge is 0.398 e. The molecule has 0 spiro atoms. The number of benzene rings is 1. The number of sulfonamides is 2. The van der Waals surface area contributed by atoms with Crippen LogP contribution in [0.25, 0.3) is 0 Å². The zero-order valence-corrected chi connectivity index (χ0v) is 17.5. The predicted octanol–water partition coefficient (Wildman–Crippen LogP) is 0.808. The first kappa shape index (κ1) is 23.9. The summed E-state index contributed by atoms with van der Waals surface area (Å²) in [7, 11) is -7.42. The Balaban J connectivity index is 0.00000576. The molecule has 4 N–H and O–H groups in total. The molecule has 0 amide bonds. The minimum absolute atomic E-state index is 0. The van der Waals surface area contributed by atoms with Gasteiger partial charge in [-0.15, -0.1) is 12.4 Å². The normalized spacial score (nSPS) is 12.5. The Kier molecular flexibility index (Phi) is 8.18. The number of nitrogens with one attached hydrogen (secondary N) is 2. The van der Waals surface area contributed by atoms with E-state index in [1.165, 1.54) is 6.92 Å². The monoisotopic (exact) mass is 414 g/mol. The highest BCUT2D eigenvalue weighted by Crippen LogP contribution is 2.30. The van der Waals surface area contributed by atoms with E-state index in [1.54, 1.807) is 12.1 Å². The molecular weight excluding hydrogens is 388 g/mol. The third-order valence-corrected chi connectivity index (χ3v) is 5.04. The Morgan fingerprint density at radius 2 is 1.48 bits per heavy atom. The van der Waals surface area contributed by atoms with Crippen LogP contribution in [0.2, 0.25) is 0 Å². The second-order valence-electron chi connectivity index (χ2n) is 5.82. The number of nitrogens with zero attached hydrogens (tertiary/aromatic N) is 1. The highest BCUT2D eigenvalue weighted by atomic mass is 35.5. The lowest BCUT2D eigenvalue weighted by Crippen LogP contribution is -2.55. The van der Waals surface area contributed by atoms with Crippen LogP contribution in [0.5, 0.6) is 0 Å². The fourth-order valence-corrected chi connectivity index (χ4v) is 4.50. The molecule has 8 nitrogen and oxygen atoms in total. The van der Waals surface area contributed by atoms with Crippen molar-refractivity contribution >= 4 is 43.8 Å². The molecule has 0 aliphatic heterocycles. The number of nitrogens with two attached hydrogens (primary N) is 1. The molecule has 0 saturated carbocycles. The smallest absolute Gasteiger partial charge is 0.210 e. The van der Waals surface area contributed by atoms with Crippen LogP contribution in [-0.4, -0.2) is 42.4 Å². The van der Waals surface area contributed by atoms with Crippen LogP contribution in [0.1, 0.15) is 26.3 Å². The summed E-state index contributed by atoms with van der Waals surface area (Å²) in [6.45, 7) is 6.89. The third kappa shape index (κ3) is 6.98. The van der Waals surface area contributed by atoms with Crippen molar-refractivity contribution in [3.63, 3.8) is 0 Å². The molecule has 0 heterocycles. The molecule has 0 atom stereocenters. The summed E-state index contributed by atoms with van der Waals surface area (Å²) in [6.07, 6.45) is 1.92. The highest BCUT2D eigenvalue weighted by molar-refractivity contribution is 7.89. The summed E-state index contributed by atoms with van der Waals surface area (Å²) in [5, 5.41) is 0. The van der Waals surface area contributed by atoms with Crippen molar-refractivity contribution in [2.45, 2.75) is 26.4 Å². The number of halogens is 1. The van der Waals surface area contributed by atoms with Gasteiger partial charge in [-0.2, -0.15) is 9.44 Å². The van der Waals surface area contributed by atoms with Gasteiger partial charge >= 0.3 is 0 Å².